The van der Waals surface area contributed by atoms with E-state index in [0.717, 1.165) is 20.0 Å². The van der Waals surface area contributed by atoms with Gasteiger partial charge >= 0.3 is 0 Å². The Kier molecular flexibility index (Phi) is 8.30. The van der Waals surface area contributed by atoms with E-state index in [1.165, 1.54) is 25.5 Å². The van der Waals surface area contributed by atoms with E-state index in [1.54, 1.807) is 42.5 Å². The van der Waals surface area contributed by atoms with Crippen molar-refractivity contribution in [3.05, 3.63) is 82.8 Å². The largest absolute Gasteiger partial charge is 0.495 e. The number of halogens is 1. The molecule has 1 N–H and O–H groups in total. The Hall–Kier alpha value is -3.37. The Morgan fingerprint density at radius 3 is 2.35 bits per heavy atom. The van der Waals surface area contributed by atoms with Gasteiger partial charge in [0, 0.05) is 18.6 Å². The molecule has 0 saturated carbocycles. The van der Waals surface area contributed by atoms with Gasteiger partial charge in [0.2, 0.25) is 0 Å². The second kappa shape index (κ2) is 11.2. The van der Waals surface area contributed by atoms with Crippen LogP contribution in [0.25, 0.3) is 0 Å². The molecule has 0 bridgehead atoms. The lowest BCUT2D eigenvalue weighted by Gasteiger charge is -2.25. The molecular weight excluding hydrogens is 520 g/mol. The molecule has 178 valence electrons. The molecule has 0 unspecified atom stereocenters. The van der Waals surface area contributed by atoms with Crippen LogP contribution >= 0.6 is 15.9 Å². The number of para-hydroxylation sites is 2. The molecule has 0 atom stereocenters. The van der Waals surface area contributed by atoms with Crippen molar-refractivity contribution in [1.29, 1.82) is 0 Å². The van der Waals surface area contributed by atoms with Crippen LogP contribution in [0.15, 0.2) is 87.3 Å². The van der Waals surface area contributed by atoms with Crippen molar-refractivity contribution in [2.24, 2.45) is 5.10 Å². The minimum atomic E-state index is -4.05. The summed E-state index contributed by atoms with van der Waals surface area (Å²) in [5.41, 5.74) is 4.41. The molecule has 0 aromatic heterocycles. The number of carbonyl (C=O) groups excluding carboxylic acids is 1. The van der Waals surface area contributed by atoms with E-state index in [9.17, 15) is 13.2 Å². The summed E-state index contributed by atoms with van der Waals surface area (Å²) in [6.07, 6.45) is 1.49. The first-order valence-corrected chi connectivity index (χ1v) is 12.5. The Morgan fingerprint density at radius 1 is 1.03 bits per heavy atom. The number of benzene rings is 3. The molecule has 1 amide bonds. The smallest absolute Gasteiger partial charge is 0.264 e. The van der Waals surface area contributed by atoms with E-state index < -0.39 is 22.5 Å². The molecule has 0 spiro atoms. The molecular formula is C24H25BrN4O4S. The number of ether oxygens (including phenoxy) is 1. The van der Waals surface area contributed by atoms with Gasteiger partial charge in [0.15, 0.2) is 0 Å². The minimum Gasteiger partial charge on any atom is -0.495 e. The third kappa shape index (κ3) is 5.95. The number of nitrogens with one attached hydrogen (secondary N) is 1. The van der Waals surface area contributed by atoms with Gasteiger partial charge < -0.3 is 9.64 Å². The predicted octanol–water partition coefficient (Wildman–Crippen LogP) is 3.87. The van der Waals surface area contributed by atoms with Crippen molar-refractivity contribution in [2.45, 2.75) is 4.90 Å². The van der Waals surface area contributed by atoms with Gasteiger partial charge in [0.25, 0.3) is 15.9 Å². The highest BCUT2D eigenvalue weighted by Crippen LogP contribution is 2.32. The van der Waals surface area contributed by atoms with Crippen molar-refractivity contribution in [3.63, 3.8) is 0 Å². The van der Waals surface area contributed by atoms with Crippen molar-refractivity contribution < 1.29 is 17.9 Å². The second-order valence-corrected chi connectivity index (χ2v) is 10.1. The highest BCUT2D eigenvalue weighted by atomic mass is 79.9. The third-order valence-electron chi connectivity index (χ3n) is 4.83. The van der Waals surface area contributed by atoms with Crippen LogP contribution in [0.3, 0.4) is 0 Å². The molecule has 8 nitrogen and oxygen atoms in total. The van der Waals surface area contributed by atoms with Crippen LogP contribution in [0, 0.1) is 0 Å². The summed E-state index contributed by atoms with van der Waals surface area (Å²) in [6.45, 7) is -0.488. The number of hydrogen-bond acceptors (Lipinski definition) is 6. The van der Waals surface area contributed by atoms with Gasteiger partial charge in [-0.2, -0.15) is 5.10 Å². The highest BCUT2D eigenvalue weighted by molar-refractivity contribution is 9.10. The summed E-state index contributed by atoms with van der Waals surface area (Å²) >= 11 is 3.51. The van der Waals surface area contributed by atoms with E-state index in [0.29, 0.717) is 5.75 Å². The van der Waals surface area contributed by atoms with Crippen LogP contribution in [0.5, 0.6) is 5.75 Å². The molecule has 3 aromatic carbocycles. The van der Waals surface area contributed by atoms with Gasteiger partial charge in [-0.3, -0.25) is 9.10 Å². The van der Waals surface area contributed by atoms with Gasteiger partial charge in [0.05, 0.1) is 29.6 Å². The second-order valence-electron chi connectivity index (χ2n) is 7.40. The number of methoxy groups -OCH3 is 1. The summed E-state index contributed by atoms with van der Waals surface area (Å²) in [7, 11) is 1.26. The van der Waals surface area contributed by atoms with Crippen molar-refractivity contribution in [1.82, 2.24) is 5.43 Å². The first kappa shape index (κ1) is 25.3. The Labute approximate surface area is 208 Å². The van der Waals surface area contributed by atoms with Gasteiger partial charge in [-0.15, -0.1) is 0 Å². The average Bonchev–Trinajstić information content (AvgIpc) is 2.83. The lowest BCUT2D eigenvalue weighted by Crippen LogP contribution is -2.39. The Balaban J connectivity index is 1.83. The summed E-state index contributed by atoms with van der Waals surface area (Å²) in [6, 6.07) is 20.2. The first-order chi connectivity index (χ1) is 16.2. The summed E-state index contributed by atoms with van der Waals surface area (Å²) in [5, 5.41) is 3.99. The zero-order chi connectivity index (χ0) is 24.7. The van der Waals surface area contributed by atoms with Crippen molar-refractivity contribution in [3.8, 4) is 5.75 Å². The fourth-order valence-corrected chi connectivity index (χ4v) is 5.37. The Morgan fingerprint density at radius 2 is 1.71 bits per heavy atom. The van der Waals surface area contributed by atoms with Gasteiger partial charge in [-0.05, 0) is 57.9 Å². The highest BCUT2D eigenvalue weighted by Gasteiger charge is 2.29. The number of hydrazone groups is 1. The molecule has 0 aliphatic carbocycles. The van der Waals surface area contributed by atoms with E-state index in [2.05, 4.69) is 26.5 Å². The molecule has 0 aliphatic rings. The lowest BCUT2D eigenvalue weighted by molar-refractivity contribution is -0.119. The van der Waals surface area contributed by atoms with Crippen molar-refractivity contribution >= 4 is 49.4 Å². The van der Waals surface area contributed by atoms with Crippen LogP contribution in [0.2, 0.25) is 0 Å². The predicted molar refractivity (Wildman–Crippen MR) is 138 cm³/mol. The lowest BCUT2D eigenvalue weighted by atomic mass is 10.2. The standard InChI is InChI=1S/C24H25BrN4O4S/c1-28(2)21-14-13-18(15-20(21)25)16-26-27-24(30)17-29(22-11-7-8-12-23(22)33-3)34(31,32)19-9-5-4-6-10-19/h4-16H,17H2,1-3H3,(H,27,30)/b26-16-. The summed E-state index contributed by atoms with van der Waals surface area (Å²) < 4.78 is 34.0. The third-order valence-corrected chi connectivity index (χ3v) is 7.24. The zero-order valence-electron chi connectivity index (χ0n) is 19.0. The number of anilines is 2. The topological polar surface area (TPSA) is 91.3 Å². The van der Waals surface area contributed by atoms with Crippen LogP contribution in [-0.2, 0) is 14.8 Å². The molecule has 10 heteroatoms. The maximum atomic E-state index is 13.4. The molecule has 0 saturated heterocycles. The number of sulfonamides is 1. The minimum absolute atomic E-state index is 0.0584. The van der Waals surface area contributed by atoms with Crippen LogP contribution in [0.4, 0.5) is 11.4 Å². The normalized spacial score (nSPS) is 11.3. The Bertz CT molecular complexity index is 1280. The SMILES string of the molecule is COc1ccccc1N(CC(=O)N/N=C\c1ccc(N(C)C)c(Br)c1)S(=O)(=O)c1ccccc1. The van der Waals surface area contributed by atoms with Crippen LogP contribution in [-0.4, -0.2) is 48.3 Å². The number of hydrogen-bond donors (Lipinski definition) is 1. The van der Waals surface area contributed by atoms with E-state index >= 15 is 0 Å². The first-order valence-electron chi connectivity index (χ1n) is 10.2. The molecule has 3 rings (SSSR count). The summed E-state index contributed by atoms with van der Waals surface area (Å²) in [4.78, 5) is 14.7. The van der Waals surface area contributed by atoms with E-state index in [1.807, 2.05) is 37.2 Å². The number of nitrogens with zero attached hydrogens (tertiary/aromatic N) is 3. The van der Waals surface area contributed by atoms with E-state index in [4.69, 9.17) is 4.74 Å². The monoisotopic (exact) mass is 544 g/mol. The molecule has 34 heavy (non-hydrogen) atoms. The fraction of sp³-hybridized carbons (Fsp3) is 0.167. The average molecular weight is 545 g/mol. The molecule has 3 aromatic rings. The van der Waals surface area contributed by atoms with Gasteiger partial charge in [-0.25, -0.2) is 13.8 Å². The van der Waals surface area contributed by atoms with Crippen molar-refractivity contribution in [2.75, 3.05) is 37.0 Å². The fourth-order valence-electron chi connectivity index (χ4n) is 3.17. The molecule has 0 aliphatic heterocycles. The zero-order valence-corrected chi connectivity index (χ0v) is 21.4. The maximum absolute atomic E-state index is 13.4. The molecule has 0 fully saturated rings. The number of carbonyl (C=O) groups is 1. The number of rotatable bonds is 9. The van der Waals surface area contributed by atoms with Gasteiger partial charge in [-0.1, -0.05) is 36.4 Å². The van der Waals surface area contributed by atoms with E-state index in [-0.39, 0.29) is 10.6 Å². The molecule has 0 heterocycles. The van der Waals surface area contributed by atoms with Crippen LogP contribution < -0.4 is 19.4 Å². The summed E-state index contributed by atoms with van der Waals surface area (Å²) in [5.74, 6) is -0.283. The van der Waals surface area contributed by atoms with Gasteiger partial charge in [0.1, 0.15) is 12.3 Å². The quantitative estimate of drug-likeness (QED) is 0.326. The maximum Gasteiger partial charge on any atom is 0.264 e. The number of amides is 1. The van der Waals surface area contributed by atoms with Crippen LogP contribution in [0.1, 0.15) is 5.56 Å². The molecule has 0 radical (unpaired) electrons.